The summed E-state index contributed by atoms with van der Waals surface area (Å²) in [6.07, 6.45) is 0. The van der Waals surface area contributed by atoms with Crippen molar-refractivity contribution in [2.45, 2.75) is 32.0 Å². The molecule has 8 heteroatoms. The fraction of sp³-hybridized carbons (Fsp3) is 0.500. The molecule has 1 heterocycles. The first kappa shape index (κ1) is 20.4. The van der Waals surface area contributed by atoms with Gasteiger partial charge in [0.2, 0.25) is 5.91 Å². The maximum atomic E-state index is 13.3. The van der Waals surface area contributed by atoms with Crippen LogP contribution >= 0.6 is 11.8 Å². The van der Waals surface area contributed by atoms with Crippen LogP contribution in [0.1, 0.15) is 32.6 Å². The molecule has 2 aromatic rings. The zero-order valence-corrected chi connectivity index (χ0v) is 16.8. The monoisotopic (exact) mass is 380 g/mol. The third kappa shape index (κ3) is 4.62. The van der Waals surface area contributed by atoms with Gasteiger partial charge in [-0.05, 0) is 45.0 Å². The Labute approximate surface area is 158 Å². The Morgan fingerprint density at radius 3 is 2.38 bits per heavy atom. The summed E-state index contributed by atoms with van der Waals surface area (Å²) in [5.41, 5.74) is 0.789. The minimum Gasteiger partial charge on any atom is -0.343 e. The number of halogens is 1. The predicted octanol–water partition coefficient (Wildman–Crippen LogP) is 1.57. The van der Waals surface area contributed by atoms with Gasteiger partial charge in [-0.15, -0.1) is 10.2 Å². The molecule has 0 unspecified atom stereocenters. The zero-order valence-electron chi connectivity index (χ0n) is 16.0. The lowest BCUT2D eigenvalue weighted by Crippen LogP contribution is -3.05. The van der Waals surface area contributed by atoms with E-state index >= 15 is 0 Å². The molecule has 0 radical (unpaired) electrons. The Kier molecular flexibility index (Phi) is 7.16. The Morgan fingerprint density at radius 2 is 1.85 bits per heavy atom. The molecule has 6 nitrogen and oxygen atoms in total. The van der Waals surface area contributed by atoms with Crippen molar-refractivity contribution in [3.05, 3.63) is 35.9 Å². The van der Waals surface area contributed by atoms with Crippen LogP contribution in [0.4, 0.5) is 4.39 Å². The molecular formula is C18H27FN5OS+. The van der Waals surface area contributed by atoms with E-state index in [0.29, 0.717) is 24.0 Å². The molecule has 0 saturated heterocycles. The van der Waals surface area contributed by atoms with Crippen molar-refractivity contribution in [1.82, 2.24) is 19.7 Å². The average molecular weight is 381 g/mol. The highest BCUT2D eigenvalue weighted by molar-refractivity contribution is 7.99. The highest BCUT2D eigenvalue weighted by Crippen LogP contribution is 2.24. The molecular weight excluding hydrogens is 353 g/mol. The Hall–Kier alpha value is -1.93. The summed E-state index contributed by atoms with van der Waals surface area (Å²) >= 11 is 1.36. The minimum absolute atomic E-state index is 0.0708. The van der Waals surface area contributed by atoms with Gasteiger partial charge >= 0.3 is 0 Å². The number of nitrogens with one attached hydrogen (secondary N) is 1. The number of carbonyl (C=O) groups excluding carboxylic acids is 1. The van der Waals surface area contributed by atoms with Crippen molar-refractivity contribution in [2.75, 3.05) is 32.9 Å². The van der Waals surface area contributed by atoms with Crippen molar-refractivity contribution in [1.29, 1.82) is 0 Å². The topological polar surface area (TPSA) is 55.5 Å². The summed E-state index contributed by atoms with van der Waals surface area (Å²) < 4.78 is 15.3. The number of hydrogen-bond donors (Lipinski definition) is 1. The molecule has 0 spiro atoms. The highest BCUT2D eigenvalue weighted by Gasteiger charge is 2.24. The van der Waals surface area contributed by atoms with E-state index in [1.807, 2.05) is 32.5 Å². The van der Waals surface area contributed by atoms with E-state index in [0.717, 1.165) is 11.5 Å². The first-order valence-corrected chi connectivity index (χ1v) is 9.79. The maximum absolute atomic E-state index is 13.3. The van der Waals surface area contributed by atoms with Crippen molar-refractivity contribution < 1.29 is 14.1 Å². The van der Waals surface area contributed by atoms with Gasteiger partial charge in [0.05, 0.1) is 19.8 Å². The molecule has 1 atom stereocenters. The third-order valence-electron chi connectivity index (χ3n) is 4.44. The number of rotatable bonds is 8. The standard InChI is InChI=1S/C18H26FN5OS/c1-6-23(7-2)16(25)12-26-18-21-20-17(13(3)22(4)5)24(18)15-10-8-14(19)9-11-15/h8-11,13H,6-7,12H2,1-5H3/p+1/t13-/m1/s1. The number of thioether (sulfide) groups is 1. The normalized spacial score (nSPS) is 12.4. The lowest BCUT2D eigenvalue weighted by Gasteiger charge is -2.19. The van der Waals surface area contributed by atoms with Gasteiger partial charge in [0.25, 0.3) is 0 Å². The molecule has 142 valence electrons. The van der Waals surface area contributed by atoms with Crippen LogP contribution in [-0.4, -0.2) is 58.5 Å². The lowest BCUT2D eigenvalue weighted by atomic mass is 10.2. The molecule has 0 aliphatic heterocycles. The second-order valence-electron chi connectivity index (χ2n) is 6.31. The SMILES string of the molecule is CCN(CC)C(=O)CSc1nnc([C@@H](C)[NH+](C)C)n1-c1ccc(F)cc1. The van der Waals surface area contributed by atoms with Crippen LogP contribution in [0.25, 0.3) is 5.69 Å². The van der Waals surface area contributed by atoms with Crippen LogP contribution in [0.3, 0.4) is 0 Å². The van der Waals surface area contributed by atoms with Gasteiger partial charge in [-0.1, -0.05) is 11.8 Å². The second-order valence-corrected chi connectivity index (χ2v) is 7.25. The molecule has 0 saturated carbocycles. The van der Waals surface area contributed by atoms with Gasteiger partial charge in [-0.3, -0.25) is 9.36 Å². The molecule has 0 aliphatic rings. The molecule has 2 rings (SSSR count). The molecule has 0 bridgehead atoms. The number of benzene rings is 1. The van der Waals surface area contributed by atoms with Crippen LogP contribution in [0, 0.1) is 5.82 Å². The smallest absolute Gasteiger partial charge is 0.233 e. The van der Waals surface area contributed by atoms with Gasteiger partial charge in [-0.25, -0.2) is 4.39 Å². The van der Waals surface area contributed by atoms with E-state index in [9.17, 15) is 9.18 Å². The van der Waals surface area contributed by atoms with Crippen molar-refractivity contribution >= 4 is 17.7 Å². The molecule has 0 aliphatic carbocycles. The Morgan fingerprint density at radius 1 is 1.23 bits per heavy atom. The number of nitrogens with zero attached hydrogens (tertiary/aromatic N) is 4. The van der Waals surface area contributed by atoms with Gasteiger partial charge in [0, 0.05) is 18.8 Å². The van der Waals surface area contributed by atoms with E-state index in [2.05, 4.69) is 17.1 Å². The van der Waals surface area contributed by atoms with Gasteiger partial charge in [0.15, 0.2) is 11.0 Å². The first-order valence-electron chi connectivity index (χ1n) is 8.80. The van der Waals surface area contributed by atoms with Gasteiger partial charge < -0.3 is 9.80 Å². The summed E-state index contributed by atoms with van der Waals surface area (Å²) in [5.74, 6) is 0.862. The molecule has 1 aromatic carbocycles. The lowest BCUT2D eigenvalue weighted by molar-refractivity contribution is -0.890. The summed E-state index contributed by atoms with van der Waals surface area (Å²) in [7, 11) is 4.09. The fourth-order valence-electron chi connectivity index (χ4n) is 2.54. The first-order chi connectivity index (χ1) is 12.4. The maximum Gasteiger partial charge on any atom is 0.233 e. The molecule has 1 amide bonds. The summed E-state index contributed by atoms with van der Waals surface area (Å²) in [6, 6.07) is 6.34. The van der Waals surface area contributed by atoms with Crippen LogP contribution in [0.5, 0.6) is 0 Å². The molecule has 0 fully saturated rings. The van der Waals surface area contributed by atoms with Crippen molar-refractivity contribution in [2.24, 2.45) is 0 Å². The molecule has 1 aromatic heterocycles. The highest BCUT2D eigenvalue weighted by atomic mass is 32.2. The van der Waals surface area contributed by atoms with Crippen molar-refractivity contribution in [3.8, 4) is 5.69 Å². The minimum atomic E-state index is -0.291. The number of quaternary nitrogens is 1. The quantitative estimate of drug-likeness (QED) is 0.707. The number of aromatic nitrogens is 3. The molecule has 26 heavy (non-hydrogen) atoms. The Balaban J connectivity index is 2.34. The fourth-order valence-corrected chi connectivity index (χ4v) is 3.40. The summed E-state index contributed by atoms with van der Waals surface area (Å²) in [6.45, 7) is 7.37. The largest absolute Gasteiger partial charge is 0.343 e. The van der Waals surface area contributed by atoms with E-state index in [1.54, 1.807) is 17.0 Å². The second kappa shape index (κ2) is 9.14. The number of carbonyl (C=O) groups is 1. The van der Waals surface area contributed by atoms with Crippen LogP contribution in [-0.2, 0) is 4.79 Å². The number of amides is 1. The van der Waals surface area contributed by atoms with E-state index < -0.39 is 0 Å². The van der Waals surface area contributed by atoms with Gasteiger partial charge in [0.1, 0.15) is 11.9 Å². The average Bonchev–Trinajstić information content (AvgIpc) is 3.04. The molecule has 1 N–H and O–H groups in total. The zero-order chi connectivity index (χ0) is 19.3. The predicted molar refractivity (Wildman–Crippen MR) is 101 cm³/mol. The van der Waals surface area contributed by atoms with Crippen LogP contribution in [0.2, 0.25) is 0 Å². The Bertz CT molecular complexity index is 728. The number of hydrogen-bond acceptors (Lipinski definition) is 4. The van der Waals surface area contributed by atoms with Crippen LogP contribution in [0.15, 0.2) is 29.4 Å². The van der Waals surface area contributed by atoms with Crippen LogP contribution < -0.4 is 4.90 Å². The van der Waals surface area contributed by atoms with Crippen molar-refractivity contribution in [3.63, 3.8) is 0 Å². The van der Waals surface area contributed by atoms with E-state index in [1.165, 1.54) is 28.8 Å². The summed E-state index contributed by atoms with van der Waals surface area (Å²) in [5, 5.41) is 9.29. The third-order valence-corrected chi connectivity index (χ3v) is 5.35. The van der Waals surface area contributed by atoms with E-state index in [-0.39, 0.29) is 17.8 Å². The summed E-state index contributed by atoms with van der Waals surface area (Å²) in [4.78, 5) is 15.3. The van der Waals surface area contributed by atoms with Gasteiger partial charge in [-0.2, -0.15) is 0 Å². The van der Waals surface area contributed by atoms with E-state index in [4.69, 9.17) is 0 Å².